The van der Waals surface area contributed by atoms with E-state index in [1.165, 1.54) is 10.5 Å². The van der Waals surface area contributed by atoms with Crippen LogP contribution in [-0.4, -0.2) is 42.4 Å². The summed E-state index contributed by atoms with van der Waals surface area (Å²) in [5.74, 6) is -2.54. The van der Waals surface area contributed by atoms with Crippen LogP contribution in [-0.2, 0) is 6.54 Å². The smallest absolute Gasteiger partial charge is 0.274 e. The number of halogens is 2. The van der Waals surface area contributed by atoms with Crippen LogP contribution in [0, 0.1) is 11.6 Å². The highest BCUT2D eigenvalue weighted by molar-refractivity contribution is 8.25. The number of carbonyl (C=O) groups excluding carboxylic acids is 1. The number of hydrogen-bond donors (Lipinski definition) is 4. The molecule has 2 aromatic heterocycles. The van der Waals surface area contributed by atoms with E-state index in [1.807, 2.05) is 0 Å². The lowest BCUT2D eigenvalue weighted by molar-refractivity contribution is 0.0943. The van der Waals surface area contributed by atoms with Gasteiger partial charge in [0.25, 0.3) is 5.91 Å². The maximum Gasteiger partial charge on any atom is 0.274 e. The van der Waals surface area contributed by atoms with Crippen molar-refractivity contribution in [2.24, 2.45) is 0 Å². The third kappa shape index (κ3) is 4.24. The molecule has 11 heteroatoms. The predicted octanol–water partition coefficient (Wildman–Crippen LogP) is 3.81. The van der Waals surface area contributed by atoms with Crippen LogP contribution in [0.15, 0.2) is 36.5 Å². The summed E-state index contributed by atoms with van der Waals surface area (Å²) < 4.78 is 49.1. The first-order valence-electron chi connectivity index (χ1n) is 9.51. The molecule has 0 radical (unpaired) electrons. The number of amides is 1. The van der Waals surface area contributed by atoms with Crippen molar-refractivity contribution in [3.05, 3.63) is 59.4 Å². The molecule has 1 aliphatic heterocycles. The van der Waals surface area contributed by atoms with Crippen molar-refractivity contribution in [2.75, 3.05) is 16.6 Å². The van der Waals surface area contributed by atoms with Gasteiger partial charge in [0.2, 0.25) is 0 Å². The second-order valence-corrected chi connectivity index (χ2v) is 9.25. The first-order chi connectivity index (χ1) is 14.8. The minimum absolute atomic E-state index is 0.0789. The van der Waals surface area contributed by atoms with Crippen LogP contribution in [0.25, 0.3) is 10.9 Å². The molecule has 164 valence electrons. The van der Waals surface area contributed by atoms with E-state index in [1.54, 1.807) is 12.1 Å². The summed E-state index contributed by atoms with van der Waals surface area (Å²) in [5.41, 5.74) is -0.108. The van der Waals surface area contributed by atoms with Gasteiger partial charge in [-0.15, -0.1) is 10.8 Å². The van der Waals surface area contributed by atoms with Gasteiger partial charge < -0.3 is 10.4 Å². The van der Waals surface area contributed by atoms with E-state index in [0.29, 0.717) is 24.8 Å². The summed E-state index contributed by atoms with van der Waals surface area (Å²) in [7, 11) is -3.14. The number of carbonyl (C=O) groups is 1. The fourth-order valence-electron chi connectivity index (χ4n) is 3.49. The van der Waals surface area contributed by atoms with Gasteiger partial charge in [0, 0.05) is 30.7 Å². The molecule has 1 aromatic carbocycles. The molecule has 31 heavy (non-hydrogen) atoms. The third-order valence-electron chi connectivity index (χ3n) is 4.92. The number of pyridine rings is 2. The Bertz CT molecular complexity index is 1140. The molecule has 8 nitrogen and oxygen atoms in total. The standard InChI is InChI=1S/C20H20F2N4O4S/c21-13-8-12(9-14(22)10-13)11-24-20(28)17-18(27)16-15(4-3-5-23-16)19(25-17)26-6-1-2-7-31(26,29)30/h3-5,8-10,27,29-30H,1-2,6-7,11H2,(H,24,28). The molecular formula is C20H20F2N4O4S. The normalized spacial score (nSPS) is 16.8. The van der Waals surface area contributed by atoms with Crippen LogP contribution in [0.4, 0.5) is 14.6 Å². The number of rotatable bonds is 4. The van der Waals surface area contributed by atoms with E-state index < -0.39 is 34.1 Å². The van der Waals surface area contributed by atoms with Crippen molar-refractivity contribution < 1.29 is 27.8 Å². The molecule has 0 spiro atoms. The number of anilines is 1. The summed E-state index contributed by atoms with van der Waals surface area (Å²) in [5, 5.41) is 13.4. The average Bonchev–Trinajstić information content (AvgIpc) is 2.72. The molecule has 1 fully saturated rings. The van der Waals surface area contributed by atoms with Crippen LogP contribution in [0.5, 0.6) is 5.75 Å². The fourth-order valence-corrected chi connectivity index (χ4v) is 5.13. The Hall–Kier alpha value is -3.02. The lowest BCUT2D eigenvalue weighted by Crippen LogP contribution is -2.35. The van der Waals surface area contributed by atoms with Crippen molar-refractivity contribution in [3.63, 3.8) is 0 Å². The van der Waals surface area contributed by atoms with Gasteiger partial charge in [-0.1, -0.05) is 0 Å². The number of nitrogens with zero attached hydrogens (tertiary/aromatic N) is 3. The summed E-state index contributed by atoms with van der Waals surface area (Å²) in [6, 6.07) is 6.10. The van der Waals surface area contributed by atoms with Crippen LogP contribution >= 0.6 is 10.8 Å². The molecular weight excluding hydrogens is 430 g/mol. The molecule has 4 N–H and O–H groups in total. The molecule has 0 atom stereocenters. The van der Waals surface area contributed by atoms with Gasteiger partial charge in [-0.25, -0.2) is 13.8 Å². The maximum absolute atomic E-state index is 13.4. The minimum atomic E-state index is -3.14. The number of aromatic hydroxyl groups is 1. The molecule has 1 aliphatic rings. The lowest BCUT2D eigenvalue weighted by atomic mass is 10.1. The molecule has 3 heterocycles. The Labute approximate surface area is 178 Å². The summed E-state index contributed by atoms with van der Waals surface area (Å²) in [4.78, 5) is 21.1. The largest absolute Gasteiger partial charge is 0.504 e. The SMILES string of the molecule is O=C(NCc1cc(F)cc(F)c1)c1nc(N2CCCCS2(O)O)c2cccnc2c1O. The van der Waals surface area contributed by atoms with Crippen molar-refractivity contribution >= 4 is 33.4 Å². The quantitative estimate of drug-likeness (QED) is 0.477. The Morgan fingerprint density at radius 1 is 1.19 bits per heavy atom. The van der Waals surface area contributed by atoms with Crippen molar-refractivity contribution in [2.45, 2.75) is 19.4 Å². The molecule has 1 saturated heterocycles. The monoisotopic (exact) mass is 450 g/mol. The van der Waals surface area contributed by atoms with E-state index in [2.05, 4.69) is 15.3 Å². The van der Waals surface area contributed by atoms with E-state index in [-0.39, 0.29) is 34.9 Å². The predicted molar refractivity (Wildman–Crippen MR) is 113 cm³/mol. The Kier molecular flexibility index (Phi) is 5.65. The van der Waals surface area contributed by atoms with Crippen LogP contribution < -0.4 is 9.62 Å². The number of hydrogen-bond acceptors (Lipinski definition) is 7. The topological polar surface area (TPSA) is 119 Å². The summed E-state index contributed by atoms with van der Waals surface area (Å²) in [6.07, 6.45) is 2.77. The average molecular weight is 450 g/mol. The Morgan fingerprint density at radius 2 is 1.94 bits per heavy atom. The second-order valence-electron chi connectivity index (χ2n) is 7.14. The van der Waals surface area contributed by atoms with Gasteiger partial charge in [0.05, 0.1) is 5.75 Å². The zero-order chi connectivity index (χ0) is 22.2. The number of benzene rings is 1. The van der Waals surface area contributed by atoms with Gasteiger partial charge in [-0.2, -0.15) is 0 Å². The highest BCUT2D eigenvalue weighted by Gasteiger charge is 2.31. The van der Waals surface area contributed by atoms with E-state index in [0.717, 1.165) is 18.2 Å². The van der Waals surface area contributed by atoms with E-state index >= 15 is 0 Å². The van der Waals surface area contributed by atoms with Crippen LogP contribution in [0.1, 0.15) is 28.9 Å². The summed E-state index contributed by atoms with van der Waals surface area (Å²) in [6.45, 7) is 0.108. The minimum Gasteiger partial charge on any atom is -0.504 e. The lowest BCUT2D eigenvalue weighted by Gasteiger charge is -2.47. The number of aromatic nitrogens is 2. The Morgan fingerprint density at radius 3 is 2.65 bits per heavy atom. The zero-order valence-corrected chi connectivity index (χ0v) is 17.1. The molecule has 0 saturated carbocycles. The van der Waals surface area contributed by atoms with Crippen molar-refractivity contribution in [3.8, 4) is 5.75 Å². The zero-order valence-electron chi connectivity index (χ0n) is 16.3. The van der Waals surface area contributed by atoms with Gasteiger partial charge in [-0.3, -0.25) is 23.2 Å². The van der Waals surface area contributed by atoms with Gasteiger partial charge in [0.1, 0.15) is 17.2 Å². The highest BCUT2D eigenvalue weighted by atomic mass is 32.3. The molecule has 0 aliphatic carbocycles. The molecule has 0 bridgehead atoms. The molecule has 3 aromatic rings. The van der Waals surface area contributed by atoms with Gasteiger partial charge in [-0.05, 0) is 42.7 Å². The van der Waals surface area contributed by atoms with Crippen LogP contribution in [0.3, 0.4) is 0 Å². The fraction of sp³-hybridized carbons (Fsp3) is 0.250. The summed E-state index contributed by atoms with van der Waals surface area (Å²) >= 11 is 0. The maximum atomic E-state index is 13.4. The van der Waals surface area contributed by atoms with Crippen molar-refractivity contribution in [1.29, 1.82) is 0 Å². The van der Waals surface area contributed by atoms with Crippen molar-refractivity contribution in [1.82, 2.24) is 15.3 Å². The van der Waals surface area contributed by atoms with Crippen LogP contribution in [0.2, 0.25) is 0 Å². The molecule has 0 unspecified atom stereocenters. The number of fused-ring (bicyclic) bond motifs is 1. The highest BCUT2D eigenvalue weighted by Crippen LogP contribution is 2.51. The molecule has 1 amide bonds. The Balaban J connectivity index is 1.72. The van der Waals surface area contributed by atoms with E-state index in [9.17, 15) is 27.8 Å². The molecule has 4 rings (SSSR count). The van der Waals surface area contributed by atoms with Gasteiger partial charge in [0.15, 0.2) is 17.3 Å². The number of nitrogens with one attached hydrogen (secondary N) is 1. The van der Waals surface area contributed by atoms with E-state index in [4.69, 9.17) is 0 Å². The van der Waals surface area contributed by atoms with Gasteiger partial charge >= 0.3 is 0 Å². The first-order valence-corrected chi connectivity index (χ1v) is 11.2. The third-order valence-corrected chi connectivity index (χ3v) is 6.82. The second kappa shape index (κ2) is 8.25. The first kappa shape index (κ1) is 21.2.